The van der Waals surface area contributed by atoms with Crippen LogP contribution >= 0.6 is 11.6 Å². The van der Waals surface area contributed by atoms with Crippen LogP contribution in [0.4, 0.5) is 0 Å². The van der Waals surface area contributed by atoms with Gasteiger partial charge < -0.3 is 9.84 Å². The van der Waals surface area contributed by atoms with Gasteiger partial charge in [0.05, 0.1) is 7.11 Å². The van der Waals surface area contributed by atoms with Crippen molar-refractivity contribution in [3.63, 3.8) is 0 Å². The van der Waals surface area contributed by atoms with Gasteiger partial charge in [0.2, 0.25) is 0 Å². The number of hydrogen-bond donors (Lipinski definition) is 1. The number of hydrogen-bond acceptors (Lipinski definition) is 2. The first-order chi connectivity index (χ1) is 6.19. The normalized spacial score (nSPS) is 9.69. The molecule has 0 bridgehead atoms. The summed E-state index contributed by atoms with van der Waals surface area (Å²) >= 11 is 5.60. The van der Waals surface area contributed by atoms with Crippen LogP contribution in [0.3, 0.4) is 0 Å². The molecule has 2 nitrogen and oxygen atoms in total. The first kappa shape index (κ1) is 9.93. The van der Waals surface area contributed by atoms with Gasteiger partial charge in [-0.2, -0.15) is 0 Å². The number of aromatic hydroxyl groups is 1. The zero-order valence-electron chi connectivity index (χ0n) is 7.38. The van der Waals surface area contributed by atoms with Crippen LogP contribution in [-0.4, -0.2) is 18.1 Å². The Morgan fingerprint density at radius 3 is 2.85 bits per heavy atom. The summed E-state index contributed by atoms with van der Waals surface area (Å²) in [5.41, 5.74) is 1.31. The average Bonchev–Trinajstić information content (AvgIpc) is 2.17. The van der Waals surface area contributed by atoms with E-state index in [2.05, 4.69) is 6.58 Å². The third-order valence-corrected chi connectivity index (χ3v) is 2.07. The van der Waals surface area contributed by atoms with Gasteiger partial charge in [0.15, 0.2) is 0 Å². The highest BCUT2D eigenvalue weighted by molar-refractivity contribution is 6.23. The van der Waals surface area contributed by atoms with E-state index in [0.29, 0.717) is 22.8 Å². The van der Waals surface area contributed by atoms with Gasteiger partial charge in [0, 0.05) is 11.4 Å². The maximum atomic E-state index is 9.46. The van der Waals surface area contributed by atoms with Gasteiger partial charge in [-0.05, 0) is 23.8 Å². The molecule has 0 fully saturated rings. The minimum absolute atomic E-state index is 0.173. The zero-order chi connectivity index (χ0) is 9.84. The van der Waals surface area contributed by atoms with Crippen LogP contribution < -0.4 is 4.74 Å². The fourth-order valence-corrected chi connectivity index (χ4v) is 1.14. The summed E-state index contributed by atoms with van der Waals surface area (Å²) in [4.78, 5) is 0. The Morgan fingerprint density at radius 2 is 2.31 bits per heavy atom. The van der Waals surface area contributed by atoms with Gasteiger partial charge in [-0.15, -0.1) is 11.6 Å². The fourth-order valence-electron chi connectivity index (χ4n) is 0.997. The minimum Gasteiger partial charge on any atom is -0.507 e. The van der Waals surface area contributed by atoms with Crippen LogP contribution in [0.1, 0.15) is 5.56 Å². The van der Waals surface area contributed by atoms with Crippen LogP contribution in [0.25, 0.3) is 5.57 Å². The van der Waals surface area contributed by atoms with Gasteiger partial charge in [0.25, 0.3) is 0 Å². The molecule has 0 amide bonds. The van der Waals surface area contributed by atoms with Crippen LogP contribution in [0.2, 0.25) is 0 Å². The van der Waals surface area contributed by atoms with E-state index in [0.717, 1.165) is 0 Å². The fraction of sp³-hybridized carbons (Fsp3) is 0.200. The molecule has 0 aliphatic rings. The second kappa shape index (κ2) is 4.19. The quantitative estimate of drug-likeness (QED) is 0.757. The Morgan fingerprint density at radius 1 is 1.62 bits per heavy atom. The summed E-state index contributed by atoms with van der Waals surface area (Å²) in [5.74, 6) is 1.14. The maximum absolute atomic E-state index is 9.46. The molecular formula is C10H11ClO2. The van der Waals surface area contributed by atoms with Crippen molar-refractivity contribution in [3.8, 4) is 11.5 Å². The molecule has 3 heteroatoms. The van der Waals surface area contributed by atoms with E-state index in [-0.39, 0.29) is 5.75 Å². The van der Waals surface area contributed by atoms with Crippen molar-refractivity contribution in [2.45, 2.75) is 0 Å². The molecular weight excluding hydrogens is 188 g/mol. The van der Waals surface area contributed by atoms with E-state index in [1.54, 1.807) is 25.3 Å². The Kier molecular flexibility index (Phi) is 3.20. The number of phenolic OH excluding ortho intramolecular Hbond substituents is 1. The molecule has 1 rings (SSSR count). The van der Waals surface area contributed by atoms with Crippen molar-refractivity contribution >= 4 is 17.2 Å². The monoisotopic (exact) mass is 198 g/mol. The summed E-state index contributed by atoms with van der Waals surface area (Å²) in [6.07, 6.45) is 0. The maximum Gasteiger partial charge on any atom is 0.123 e. The number of ether oxygens (including phenoxy) is 1. The van der Waals surface area contributed by atoms with Crippen LogP contribution in [-0.2, 0) is 0 Å². The summed E-state index contributed by atoms with van der Waals surface area (Å²) in [5, 5.41) is 9.46. The van der Waals surface area contributed by atoms with Crippen molar-refractivity contribution in [2.24, 2.45) is 0 Å². The van der Waals surface area contributed by atoms with E-state index in [1.165, 1.54) is 0 Å². The van der Waals surface area contributed by atoms with Crippen molar-refractivity contribution in [1.82, 2.24) is 0 Å². The van der Waals surface area contributed by atoms with Gasteiger partial charge in [-0.1, -0.05) is 6.58 Å². The Labute approximate surface area is 82.4 Å². The molecule has 1 N–H and O–H groups in total. The second-order valence-corrected chi connectivity index (χ2v) is 2.89. The van der Waals surface area contributed by atoms with E-state index in [9.17, 15) is 5.11 Å². The molecule has 0 radical (unpaired) electrons. The van der Waals surface area contributed by atoms with Gasteiger partial charge in [-0.25, -0.2) is 0 Å². The second-order valence-electron chi connectivity index (χ2n) is 2.62. The topological polar surface area (TPSA) is 29.5 Å². The van der Waals surface area contributed by atoms with Crippen molar-refractivity contribution in [1.29, 1.82) is 0 Å². The highest BCUT2D eigenvalue weighted by Crippen LogP contribution is 2.28. The third-order valence-electron chi connectivity index (χ3n) is 1.75. The highest BCUT2D eigenvalue weighted by Gasteiger charge is 2.05. The summed E-state index contributed by atoms with van der Waals surface area (Å²) in [7, 11) is 1.57. The number of methoxy groups -OCH3 is 1. The molecule has 0 saturated carbocycles. The van der Waals surface area contributed by atoms with E-state index in [4.69, 9.17) is 16.3 Å². The van der Waals surface area contributed by atoms with Gasteiger partial charge in [0.1, 0.15) is 11.5 Å². The molecule has 0 aromatic heterocycles. The highest BCUT2D eigenvalue weighted by atomic mass is 35.5. The number of halogens is 1. The lowest BCUT2D eigenvalue weighted by molar-refractivity contribution is 0.412. The van der Waals surface area contributed by atoms with Crippen molar-refractivity contribution < 1.29 is 9.84 Å². The summed E-state index contributed by atoms with van der Waals surface area (Å²) in [6, 6.07) is 4.95. The first-order valence-corrected chi connectivity index (χ1v) is 4.33. The predicted octanol–water partition coefficient (Wildman–Crippen LogP) is 2.65. The standard InChI is InChI=1S/C10H11ClO2/c1-7(6-11)9-5-8(13-2)3-4-10(9)12/h3-5,12H,1,6H2,2H3. The number of alkyl halides is 1. The molecule has 70 valence electrons. The molecule has 0 heterocycles. The Balaban J connectivity index is 3.11. The van der Waals surface area contributed by atoms with E-state index in [1.807, 2.05) is 0 Å². The molecule has 0 unspecified atom stereocenters. The van der Waals surface area contributed by atoms with Crippen LogP contribution in [0, 0.1) is 0 Å². The number of phenols is 1. The Bertz CT molecular complexity index is 321. The largest absolute Gasteiger partial charge is 0.507 e. The molecule has 0 spiro atoms. The number of rotatable bonds is 3. The summed E-state index contributed by atoms with van der Waals surface area (Å²) < 4.78 is 5.01. The van der Waals surface area contributed by atoms with E-state index < -0.39 is 0 Å². The third kappa shape index (κ3) is 2.16. The predicted molar refractivity (Wildman–Crippen MR) is 54.4 cm³/mol. The molecule has 0 saturated heterocycles. The summed E-state index contributed by atoms with van der Waals surface area (Å²) in [6.45, 7) is 3.73. The average molecular weight is 199 g/mol. The van der Waals surface area contributed by atoms with Gasteiger partial charge >= 0.3 is 0 Å². The smallest absolute Gasteiger partial charge is 0.123 e. The Hall–Kier alpha value is -1.15. The van der Waals surface area contributed by atoms with Crippen molar-refractivity contribution in [3.05, 3.63) is 30.3 Å². The molecule has 0 aliphatic heterocycles. The van der Waals surface area contributed by atoms with Gasteiger partial charge in [-0.3, -0.25) is 0 Å². The first-order valence-electron chi connectivity index (χ1n) is 3.80. The lowest BCUT2D eigenvalue weighted by Crippen LogP contribution is -1.88. The van der Waals surface area contributed by atoms with Crippen molar-refractivity contribution in [2.75, 3.05) is 13.0 Å². The lowest BCUT2D eigenvalue weighted by atomic mass is 10.1. The molecule has 1 aromatic rings. The van der Waals surface area contributed by atoms with Crippen LogP contribution in [0.5, 0.6) is 11.5 Å². The molecule has 13 heavy (non-hydrogen) atoms. The van der Waals surface area contributed by atoms with Crippen LogP contribution in [0.15, 0.2) is 24.8 Å². The lowest BCUT2D eigenvalue weighted by Gasteiger charge is -2.07. The number of benzene rings is 1. The molecule has 0 atom stereocenters. The molecule has 0 aliphatic carbocycles. The number of allylic oxidation sites excluding steroid dienone is 1. The molecule has 1 aromatic carbocycles. The minimum atomic E-state index is 0.173. The SMILES string of the molecule is C=C(CCl)c1cc(OC)ccc1O. The zero-order valence-corrected chi connectivity index (χ0v) is 8.14. The van der Waals surface area contributed by atoms with E-state index >= 15 is 0 Å².